The molecule has 2 bridgehead atoms. The van der Waals surface area contributed by atoms with E-state index < -0.39 is 0 Å². The molecule has 2 aromatic heterocycles. The molecule has 130 valence electrons. The van der Waals surface area contributed by atoms with Crippen molar-refractivity contribution in [2.24, 2.45) is 11.3 Å². The zero-order valence-electron chi connectivity index (χ0n) is 14.7. The van der Waals surface area contributed by atoms with Gasteiger partial charge in [-0.1, -0.05) is 26.0 Å². The first-order chi connectivity index (χ1) is 11.6. The van der Waals surface area contributed by atoms with Crippen LogP contribution in [0.15, 0.2) is 35.0 Å². The molecule has 3 heterocycles. The lowest BCUT2D eigenvalue weighted by atomic mass is 9.71. The first-order valence-electron chi connectivity index (χ1n) is 8.95. The van der Waals surface area contributed by atoms with E-state index >= 15 is 0 Å². The van der Waals surface area contributed by atoms with Gasteiger partial charge in [-0.3, -0.25) is 0 Å². The van der Waals surface area contributed by atoms with Gasteiger partial charge in [-0.15, -0.1) is 22.7 Å². The summed E-state index contributed by atoms with van der Waals surface area (Å²) in [6, 6.07) is 9.93. The Kier molecular flexibility index (Phi) is 4.36. The lowest BCUT2D eigenvalue weighted by Crippen LogP contribution is -2.53. The van der Waals surface area contributed by atoms with Gasteiger partial charge in [0.1, 0.15) is 5.60 Å². The van der Waals surface area contributed by atoms with Crippen LogP contribution in [0.1, 0.15) is 49.3 Å². The Morgan fingerprint density at radius 1 is 1.17 bits per heavy atom. The predicted octanol–water partition coefficient (Wildman–Crippen LogP) is 5.26. The van der Waals surface area contributed by atoms with Crippen molar-refractivity contribution in [3.05, 3.63) is 44.8 Å². The third kappa shape index (κ3) is 2.59. The van der Waals surface area contributed by atoms with Crippen LogP contribution in [0, 0.1) is 11.3 Å². The van der Waals surface area contributed by atoms with Crippen LogP contribution in [0.2, 0.25) is 0 Å². The average molecular weight is 362 g/mol. The highest BCUT2D eigenvalue weighted by Crippen LogP contribution is 2.51. The maximum Gasteiger partial charge on any atom is 0.137 e. The van der Waals surface area contributed by atoms with E-state index in [4.69, 9.17) is 4.74 Å². The topological polar surface area (TPSA) is 21.3 Å². The summed E-state index contributed by atoms with van der Waals surface area (Å²) in [5.74, 6) is 0.843. The molecular formula is C20H27NOS2. The smallest absolute Gasteiger partial charge is 0.137 e. The monoisotopic (exact) mass is 361 g/mol. The molecule has 2 fully saturated rings. The van der Waals surface area contributed by atoms with Crippen LogP contribution in [0.25, 0.3) is 0 Å². The number of ether oxygens (including phenoxy) is 1. The quantitative estimate of drug-likeness (QED) is 0.784. The standard InChI is InChI=1S/C20H27NOS2/c1-19(2)14-8-9-16(19)21-15(12-14)13-20(22-3,17-6-4-10-23-17)18-7-5-11-24-18/h4-7,10-11,14-16,21H,8-9,12-13H2,1-3H3. The number of rotatable bonds is 5. The summed E-state index contributed by atoms with van der Waals surface area (Å²) in [5.41, 5.74) is 0.138. The van der Waals surface area contributed by atoms with Gasteiger partial charge in [-0.2, -0.15) is 0 Å². The Bertz CT molecular complexity index is 612. The van der Waals surface area contributed by atoms with E-state index in [2.05, 4.69) is 54.2 Å². The van der Waals surface area contributed by atoms with Crippen molar-refractivity contribution >= 4 is 22.7 Å². The Balaban J connectivity index is 1.64. The van der Waals surface area contributed by atoms with Crippen molar-refractivity contribution in [1.82, 2.24) is 5.32 Å². The van der Waals surface area contributed by atoms with Crippen molar-refractivity contribution in [2.75, 3.05) is 7.11 Å². The molecule has 2 nitrogen and oxygen atoms in total. The second-order valence-electron chi connectivity index (χ2n) is 7.94. The van der Waals surface area contributed by atoms with Gasteiger partial charge in [0, 0.05) is 35.4 Å². The number of methoxy groups -OCH3 is 1. The van der Waals surface area contributed by atoms with Gasteiger partial charge in [0.05, 0.1) is 0 Å². The second kappa shape index (κ2) is 6.24. The Morgan fingerprint density at radius 2 is 1.83 bits per heavy atom. The SMILES string of the molecule is COC(CC1CC2CCC(N1)C2(C)C)(c1cccs1)c1cccs1. The maximum atomic E-state index is 6.25. The number of thiophene rings is 2. The van der Waals surface area contributed by atoms with Gasteiger partial charge in [0.2, 0.25) is 0 Å². The normalized spacial score (nSPS) is 29.0. The fourth-order valence-corrected chi connectivity index (χ4v) is 6.85. The molecule has 2 aliphatic rings. The summed E-state index contributed by atoms with van der Waals surface area (Å²) in [6.45, 7) is 4.89. The minimum atomic E-state index is -0.305. The van der Waals surface area contributed by atoms with E-state index in [0.717, 1.165) is 12.3 Å². The lowest BCUT2D eigenvalue weighted by Gasteiger charge is -2.45. The van der Waals surface area contributed by atoms with Crippen LogP contribution in [0.4, 0.5) is 0 Å². The molecule has 1 aliphatic heterocycles. The summed E-state index contributed by atoms with van der Waals surface area (Å²) >= 11 is 3.62. The molecule has 0 spiro atoms. The third-order valence-corrected chi connectivity index (χ3v) is 8.51. The Labute approximate surface area is 153 Å². The van der Waals surface area contributed by atoms with Crippen LogP contribution in [0.3, 0.4) is 0 Å². The predicted molar refractivity (Wildman–Crippen MR) is 103 cm³/mol. The van der Waals surface area contributed by atoms with E-state index in [-0.39, 0.29) is 5.60 Å². The molecule has 0 amide bonds. The fourth-order valence-electron chi connectivity index (χ4n) is 4.93. The zero-order chi connectivity index (χ0) is 16.8. The fraction of sp³-hybridized carbons (Fsp3) is 0.600. The summed E-state index contributed by atoms with van der Waals surface area (Å²) < 4.78 is 6.25. The molecule has 1 aliphatic carbocycles. The molecule has 24 heavy (non-hydrogen) atoms. The van der Waals surface area contributed by atoms with Gasteiger partial charge < -0.3 is 10.1 Å². The number of piperidine rings is 1. The Morgan fingerprint density at radius 3 is 2.33 bits per heavy atom. The van der Waals surface area contributed by atoms with Gasteiger partial charge in [-0.25, -0.2) is 0 Å². The van der Waals surface area contributed by atoms with E-state index in [1.807, 2.05) is 29.8 Å². The highest BCUT2D eigenvalue weighted by atomic mass is 32.1. The molecule has 4 heteroatoms. The van der Waals surface area contributed by atoms with Crippen molar-refractivity contribution < 1.29 is 4.74 Å². The number of hydrogen-bond acceptors (Lipinski definition) is 4. The first-order valence-corrected chi connectivity index (χ1v) is 10.7. The number of hydrogen-bond donors (Lipinski definition) is 1. The first kappa shape index (κ1) is 16.8. The van der Waals surface area contributed by atoms with Gasteiger partial charge in [0.25, 0.3) is 0 Å². The van der Waals surface area contributed by atoms with E-state index in [1.54, 1.807) is 0 Å². The maximum absolute atomic E-state index is 6.25. The third-order valence-electron chi connectivity index (χ3n) is 6.48. The molecule has 0 aromatic carbocycles. The molecule has 1 N–H and O–H groups in total. The largest absolute Gasteiger partial charge is 0.367 e. The highest BCUT2D eigenvalue weighted by Gasteiger charge is 2.50. The minimum absolute atomic E-state index is 0.305. The summed E-state index contributed by atoms with van der Waals surface area (Å²) in [6.07, 6.45) is 4.99. The summed E-state index contributed by atoms with van der Waals surface area (Å²) in [4.78, 5) is 2.65. The molecule has 0 radical (unpaired) electrons. The van der Waals surface area contributed by atoms with E-state index in [1.165, 1.54) is 29.0 Å². The molecule has 3 atom stereocenters. The second-order valence-corrected chi connectivity index (χ2v) is 9.83. The van der Waals surface area contributed by atoms with Crippen molar-refractivity contribution in [3.63, 3.8) is 0 Å². The molecule has 1 saturated carbocycles. The van der Waals surface area contributed by atoms with E-state index in [9.17, 15) is 0 Å². The van der Waals surface area contributed by atoms with Crippen LogP contribution in [-0.4, -0.2) is 19.2 Å². The highest BCUT2D eigenvalue weighted by molar-refractivity contribution is 7.11. The molecule has 1 saturated heterocycles. The molecule has 3 unspecified atom stereocenters. The lowest BCUT2D eigenvalue weighted by molar-refractivity contribution is -0.00186. The molecular weight excluding hydrogens is 334 g/mol. The summed E-state index contributed by atoms with van der Waals surface area (Å²) in [7, 11) is 1.88. The van der Waals surface area contributed by atoms with Crippen LogP contribution in [-0.2, 0) is 10.3 Å². The summed E-state index contributed by atoms with van der Waals surface area (Å²) in [5, 5.41) is 8.31. The minimum Gasteiger partial charge on any atom is -0.367 e. The molecule has 4 rings (SSSR count). The van der Waals surface area contributed by atoms with Crippen molar-refractivity contribution in [1.29, 1.82) is 0 Å². The van der Waals surface area contributed by atoms with Gasteiger partial charge >= 0.3 is 0 Å². The van der Waals surface area contributed by atoms with Crippen LogP contribution < -0.4 is 5.32 Å². The molecule has 2 aromatic rings. The van der Waals surface area contributed by atoms with Gasteiger partial charge in [-0.05, 0) is 53.5 Å². The zero-order valence-corrected chi connectivity index (χ0v) is 16.4. The van der Waals surface area contributed by atoms with Crippen LogP contribution >= 0.6 is 22.7 Å². The van der Waals surface area contributed by atoms with Crippen molar-refractivity contribution in [3.8, 4) is 0 Å². The Hall–Kier alpha value is -0.680. The van der Waals surface area contributed by atoms with E-state index in [0.29, 0.717) is 17.5 Å². The van der Waals surface area contributed by atoms with Crippen molar-refractivity contribution in [2.45, 2.75) is 57.2 Å². The van der Waals surface area contributed by atoms with Gasteiger partial charge in [0.15, 0.2) is 0 Å². The number of fused-ring (bicyclic) bond motifs is 2. The average Bonchev–Trinajstić information content (AvgIpc) is 3.28. The number of nitrogens with one attached hydrogen (secondary N) is 1. The van der Waals surface area contributed by atoms with Crippen LogP contribution in [0.5, 0.6) is 0 Å².